The summed E-state index contributed by atoms with van der Waals surface area (Å²) in [5.74, 6) is 1.39. The molecule has 0 radical (unpaired) electrons. The maximum atomic E-state index is 6.06. The van der Waals surface area contributed by atoms with Crippen molar-refractivity contribution in [3.05, 3.63) is 17.8 Å². The van der Waals surface area contributed by atoms with E-state index in [1.165, 1.54) is 19.3 Å². The summed E-state index contributed by atoms with van der Waals surface area (Å²) in [6.45, 7) is 4.35. The number of nitrogens with two attached hydrogens (primary N) is 1. The molecule has 2 N–H and O–H groups in total. The molecule has 4 nitrogen and oxygen atoms in total. The third-order valence-corrected chi connectivity index (χ3v) is 3.84. The van der Waals surface area contributed by atoms with Crippen LogP contribution in [0.2, 0.25) is 0 Å². The van der Waals surface area contributed by atoms with Crippen molar-refractivity contribution in [1.82, 2.24) is 14.5 Å². The molecule has 0 bridgehead atoms. The van der Waals surface area contributed by atoms with Gasteiger partial charge < -0.3 is 5.73 Å². The Balaban J connectivity index is 2.16. The molecule has 0 amide bonds. The molecule has 1 saturated carbocycles. The molecule has 4 heteroatoms. The second-order valence-corrected chi connectivity index (χ2v) is 5.21. The summed E-state index contributed by atoms with van der Waals surface area (Å²) in [7, 11) is 0. The first-order valence-electron chi connectivity index (χ1n) is 6.26. The molecule has 2 aromatic rings. The number of aryl methyl sites for hydroxylation is 1. The van der Waals surface area contributed by atoms with Gasteiger partial charge in [0.15, 0.2) is 5.65 Å². The zero-order valence-corrected chi connectivity index (χ0v) is 10.3. The normalized spacial score (nSPS) is 24.6. The van der Waals surface area contributed by atoms with Gasteiger partial charge in [0.2, 0.25) is 5.95 Å². The van der Waals surface area contributed by atoms with Crippen molar-refractivity contribution in [2.24, 2.45) is 5.92 Å². The van der Waals surface area contributed by atoms with Gasteiger partial charge in [0, 0.05) is 12.2 Å². The minimum atomic E-state index is 0.476. The van der Waals surface area contributed by atoms with E-state index in [1.807, 2.05) is 12.3 Å². The summed E-state index contributed by atoms with van der Waals surface area (Å²) in [6.07, 6.45) is 5.49. The molecule has 2 unspecified atom stereocenters. The van der Waals surface area contributed by atoms with Gasteiger partial charge in [-0.05, 0) is 43.7 Å². The van der Waals surface area contributed by atoms with E-state index in [1.54, 1.807) is 0 Å². The van der Waals surface area contributed by atoms with Gasteiger partial charge in [0.1, 0.15) is 5.52 Å². The van der Waals surface area contributed by atoms with Crippen LogP contribution in [-0.2, 0) is 0 Å². The Morgan fingerprint density at radius 1 is 1.41 bits per heavy atom. The summed E-state index contributed by atoms with van der Waals surface area (Å²) in [4.78, 5) is 8.91. The van der Waals surface area contributed by atoms with E-state index in [4.69, 9.17) is 5.73 Å². The number of pyridine rings is 1. The summed E-state index contributed by atoms with van der Waals surface area (Å²) in [5.41, 5.74) is 9.10. The van der Waals surface area contributed by atoms with Gasteiger partial charge in [-0.3, -0.25) is 4.57 Å². The highest BCUT2D eigenvalue weighted by molar-refractivity contribution is 5.77. The Morgan fingerprint density at radius 3 is 2.94 bits per heavy atom. The van der Waals surface area contributed by atoms with Gasteiger partial charge in [-0.25, -0.2) is 9.97 Å². The fraction of sp³-hybridized carbons (Fsp3) is 0.538. The Bertz CT molecular complexity index is 558. The molecule has 0 spiro atoms. The third kappa shape index (κ3) is 1.59. The maximum Gasteiger partial charge on any atom is 0.202 e. The zero-order chi connectivity index (χ0) is 12.0. The number of hydrogen-bond acceptors (Lipinski definition) is 3. The van der Waals surface area contributed by atoms with Gasteiger partial charge in [-0.15, -0.1) is 0 Å². The standard InChI is InChI=1S/C13H18N4/c1-8-3-4-10(7-8)17-12-11(16-13(17)14)9(2)5-6-15-12/h5-6,8,10H,3-4,7H2,1-2H3,(H2,14,16). The molecular weight excluding hydrogens is 212 g/mol. The summed E-state index contributed by atoms with van der Waals surface area (Å²) in [5, 5.41) is 0. The van der Waals surface area contributed by atoms with Crippen LogP contribution in [0.15, 0.2) is 12.3 Å². The van der Waals surface area contributed by atoms with E-state index in [0.29, 0.717) is 12.0 Å². The van der Waals surface area contributed by atoms with Crippen molar-refractivity contribution < 1.29 is 0 Å². The van der Waals surface area contributed by atoms with E-state index in [0.717, 1.165) is 22.6 Å². The first-order valence-corrected chi connectivity index (χ1v) is 6.26. The molecule has 90 valence electrons. The fourth-order valence-corrected chi connectivity index (χ4v) is 2.90. The summed E-state index contributed by atoms with van der Waals surface area (Å²) in [6, 6.07) is 2.46. The highest BCUT2D eigenvalue weighted by Gasteiger charge is 2.26. The molecular formula is C13H18N4. The number of nitrogen functional groups attached to an aromatic ring is 1. The lowest BCUT2D eigenvalue weighted by atomic mass is 10.1. The van der Waals surface area contributed by atoms with E-state index in [2.05, 4.69) is 28.4 Å². The zero-order valence-electron chi connectivity index (χ0n) is 10.3. The molecule has 2 aromatic heterocycles. The van der Waals surface area contributed by atoms with Gasteiger partial charge in [0.25, 0.3) is 0 Å². The van der Waals surface area contributed by atoms with Gasteiger partial charge in [0.05, 0.1) is 0 Å². The molecule has 17 heavy (non-hydrogen) atoms. The van der Waals surface area contributed by atoms with Crippen LogP contribution in [0, 0.1) is 12.8 Å². The second-order valence-electron chi connectivity index (χ2n) is 5.21. The molecule has 1 aliphatic carbocycles. The van der Waals surface area contributed by atoms with Crippen LogP contribution in [0.25, 0.3) is 11.2 Å². The van der Waals surface area contributed by atoms with Gasteiger partial charge >= 0.3 is 0 Å². The van der Waals surface area contributed by atoms with E-state index in [-0.39, 0.29) is 0 Å². The number of hydrogen-bond donors (Lipinski definition) is 1. The number of imidazole rings is 1. The largest absolute Gasteiger partial charge is 0.369 e. The molecule has 0 aliphatic heterocycles. The quantitative estimate of drug-likeness (QED) is 0.819. The van der Waals surface area contributed by atoms with Crippen LogP contribution in [0.1, 0.15) is 37.8 Å². The first kappa shape index (κ1) is 10.6. The predicted molar refractivity (Wildman–Crippen MR) is 68.7 cm³/mol. The van der Waals surface area contributed by atoms with E-state index < -0.39 is 0 Å². The molecule has 1 aliphatic rings. The molecule has 2 atom stereocenters. The minimum absolute atomic E-state index is 0.476. The van der Waals surface area contributed by atoms with Crippen molar-refractivity contribution in [3.63, 3.8) is 0 Å². The average molecular weight is 230 g/mol. The van der Waals surface area contributed by atoms with Crippen molar-refractivity contribution >= 4 is 17.1 Å². The lowest BCUT2D eigenvalue weighted by molar-refractivity contribution is 0.508. The van der Waals surface area contributed by atoms with Gasteiger partial charge in [-0.2, -0.15) is 0 Å². The van der Waals surface area contributed by atoms with Crippen molar-refractivity contribution in [2.45, 2.75) is 39.2 Å². The average Bonchev–Trinajstić information content (AvgIpc) is 2.82. The van der Waals surface area contributed by atoms with Crippen molar-refractivity contribution in [1.29, 1.82) is 0 Å². The van der Waals surface area contributed by atoms with Crippen LogP contribution < -0.4 is 5.73 Å². The van der Waals surface area contributed by atoms with Crippen molar-refractivity contribution in [2.75, 3.05) is 5.73 Å². The topological polar surface area (TPSA) is 56.7 Å². The Hall–Kier alpha value is -1.58. The summed E-state index contributed by atoms with van der Waals surface area (Å²) >= 11 is 0. The third-order valence-electron chi connectivity index (χ3n) is 3.84. The molecule has 3 rings (SSSR count). The van der Waals surface area contributed by atoms with Crippen molar-refractivity contribution in [3.8, 4) is 0 Å². The fourth-order valence-electron chi connectivity index (χ4n) is 2.90. The molecule has 2 heterocycles. The number of rotatable bonds is 1. The van der Waals surface area contributed by atoms with E-state index in [9.17, 15) is 0 Å². The number of nitrogens with zero attached hydrogens (tertiary/aromatic N) is 3. The van der Waals surface area contributed by atoms with Crippen LogP contribution in [0.5, 0.6) is 0 Å². The second kappa shape index (κ2) is 3.72. The van der Waals surface area contributed by atoms with Crippen LogP contribution in [-0.4, -0.2) is 14.5 Å². The van der Waals surface area contributed by atoms with Crippen LogP contribution in [0.3, 0.4) is 0 Å². The van der Waals surface area contributed by atoms with Crippen LogP contribution >= 0.6 is 0 Å². The maximum absolute atomic E-state index is 6.06. The van der Waals surface area contributed by atoms with E-state index >= 15 is 0 Å². The predicted octanol–water partition coefficient (Wildman–Crippen LogP) is 2.68. The Kier molecular flexibility index (Phi) is 2.31. The molecule has 0 saturated heterocycles. The SMILES string of the molecule is Cc1ccnc2c1nc(N)n2C1CCC(C)C1. The number of fused-ring (bicyclic) bond motifs is 1. The number of anilines is 1. The molecule has 0 aromatic carbocycles. The minimum Gasteiger partial charge on any atom is -0.369 e. The highest BCUT2D eigenvalue weighted by Crippen LogP contribution is 2.37. The van der Waals surface area contributed by atoms with Crippen LogP contribution in [0.4, 0.5) is 5.95 Å². The lowest BCUT2D eigenvalue weighted by Crippen LogP contribution is -2.09. The highest BCUT2D eigenvalue weighted by atomic mass is 15.2. The lowest BCUT2D eigenvalue weighted by Gasteiger charge is -2.13. The monoisotopic (exact) mass is 230 g/mol. The summed E-state index contributed by atoms with van der Waals surface area (Å²) < 4.78 is 2.13. The number of aromatic nitrogens is 3. The Labute approximate surface area is 101 Å². The van der Waals surface area contributed by atoms with Gasteiger partial charge in [-0.1, -0.05) is 6.92 Å². The molecule has 1 fully saturated rings. The smallest absolute Gasteiger partial charge is 0.202 e. The first-order chi connectivity index (χ1) is 8.16. The Morgan fingerprint density at radius 2 is 2.24 bits per heavy atom.